The molecule has 23 heavy (non-hydrogen) atoms. The Morgan fingerprint density at radius 2 is 1.83 bits per heavy atom. The normalized spacial score (nSPS) is 18.1. The number of benzene rings is 1. The van der Waals surface area contributed by atoms with E-state index < -0.39 is 10.0 Å². The van der Waals surface area contributed by atoms with Crippen molar-refractivity contribution in [3.63, 3.8) is 0 Å². The third kappa shape index (κ3) is 4.20. The van der Waals surface area contributed by atoms with E-state index in [9.17, 15) is 13.2 Å². The SMILES string of the molecule is CCN(CC)S(=O)(=O)c1ccc(NC(=O)C2CC=CCC2)cc1. The highest BCUT2D eigenvalue weighted by atomic mass is 32.2. The molecule has 6 heteroatoms. The van der Waals surface area contributed by atoms with Crippen LogP contribution in [0.4, 0.5) is 5.69 Å². The van der Waals surface area contributed by atoms with E-state index in [0.717, 1.165) is 19.3 Å². The van der Waals surface area contributed by atoms with Crippen LogP contribution in [0.5, 0.6) is 0 Å². The van der Waals surface area contributed by atoms with Crippen molar-refractivity contribution in [3.05, 3.63) is 36.4 Å². The van der Waals surface area contributed by atoms with E-state index in [4.69, 9.17) is 0 Å². The molecule has 126 valence electrons. The molecule has 1 aliphatic carbocycles. The fraction of sp³-hybridized carbons (Fsp3) is 0.471. The van der Waals surface area contributed by atoms with Gasteiger partial charge >= 0.3 is 0 Å². The van der Waals surface area contributed by atoms with E-state index in [1.54, 1.807) is 24.3 Å². The van der Waals surface area contributed by atoms with Gasteiger partial charge in [-0.1, -0.05) is 26.0 Å². The number of hydrogen-bond donors (Lipinski definition) is 1. The Labute approximate surface area is 138 Å². The van der Waals surface area contributed by atoms with Crippen LogP contribution in [0.3, 0.4) is 0 Å². The fourth-order valence-corrected chi connectivity index (χ4v) is 4.16. The lowest BCUT2D eigenvalue weighted by Crippen LogP contribution is -2.30. The fourth-order valence-electron chi connectivity index (χ4n) is 2.70. The number of nitrogens with one attached hydrogen (secondary N) is 1. The highest BCUT2D eigenvalue weighted by molar-refractivity contribution is 7.89. The molecule has 1 aromatic rings. The predicted molar refractivity (Wildman–Crippen MR) is 91.7 cm³/mol. The zero-order valence-corrected chi connectivity index (χ0v) is 14.5. The van der Waals surface area contributed by atoms with E-state index in [0.29, 0.717) is 18.8 Å². The molecule has 5 nitrogen and oxygen atoms in total. The van der Waals surface area contributed by atoms with Crippen molar-refractivity contribution >= 4 is 21.6 Å². The lowest BCUT2D eigenvalue weighted by Gasteiger charge is -2.19. The van der Waals surface area contributed by atoms with Gasteiger partial charge in [-0.05, 0) is 43.5 Å². The molecular weight excluding hydrogens is 312 g/mol. The minimum atomic E-state index is -3.46. The number of rotatable bonds is 6. The first-order valence-electron chi connectivity index (χ1n) is 8.05. The topological polar surface area (TPSA) is 66.5 Å². The number of nitrogens with zero attached hydrogens (tertiary/aromatic N) is 1. The Balaban J connectivity index is 2.07. The molecule has 1 atom stereocenters. The summed E-state index contributed by atoms with van der Waals surface area (Å²) >= 11 is 0. The van der Waals surface area contributed by atoms with Crippen molar-refractivity contribution in [2.45, 2.75) is 38.0 Å². The van der Waals surface area contributed by atoms with Crippen LogP contribution in [-0.4, -0.2) is 31.7 Å². The second-order valence-corrected chi connectivity index (χ2v) is 7.52. The van der Waals surface area contributed by atoms with E-state index >= 15 is 0 Å². The van der Waals surface area contributed by atoms with Gasteiger partial charge in [-0.2, -0.15) is 4.31 Å². The second-order valence-electron chi connectivity index (χ2n) is 5.58. The molecular formula is C17H24N2O3S. The number of carbonyl (C=O) groups is 1. The van der Waals surface area contributed by atoms with Crippen molar-refractivity contribution in [1.82, 2.24) is 4.31 Å². The number of allylic oxidation sites excluding steroid dienone is 2. The van der Waals surface area contributed by atoms with Gasteiger partial charge in [0, 0.05) is 24.7 Å². The highest BCUT2D eigenvalue weighted by Crippen LogP contribution is 2.22. The molecule has 0 heterocycles. The average Bonchev–Trinajstić information content (AvgIpc) is 2.57. The standard InChI is InChI=1S/C17H24N2O3S/c1-3-19(4-2)23(21,22)16-12-10-15(11-13-16)18-17(20)14-8-6-5-7-9-14/h5-6,10-14H,3-4,7-9H2,1-2H3,(H,18,20). The van der Waals surface area contributed by atoms with E-state index in [-0.39, 0.29) is 16.7 Å². The molecule has 0 fully saturated rings. The van der Waals surface area contributed by atoms with Crippen molar-refractivity contribution in [3.8, 4) is 0 Å². The Hall–Kier alpha value is -1.66. The van der Waals surface area contributed by atoms with Crippen molar-refractivity contribution in [2.75, 3.05) is 18.4 Å². The Morgan fingerprint density at radius 3 is 2.35 bits per heavy atom. The van der Waals surface area contributed by atoms with Gasteiger partial charge in [-0.25, -0.2) is 8.42 Å². The van der Waals surface area contributed by atoms with Crippen molar-refractivity contribution in [1.29, 1.82) is 0 Å². The first kappa shape index (κ1) is 17.7. The lowest BCUT2D eigenvalue weighted by molar-refractivity contribution is -0.120. The summed E-state index contributed by atoms with van der Waals surface area (Å²) in [4.78, 5) is 12.4. The summed E-state index contributed by atoms with van der Waals surface area (Å²) in [6.45, 7) is 4.50. The molecule has 1 aromatic carbocycles. The number of hydrogen-bond acceptors (Lipinski definition) is 3. The minimum absolute atomic E-state index is 0.000849. The van der Waals surface area contributed by atoms with E-state index in [1.165, 1.54) is 4.31 Å². The second kappa shape index (κ2) is 7.75. The first-order valence-corrected chi connectivity index (χ1v) is 9.49. The van der Waals surface area contributed by atoms with Crippen LogP contribution in [0, 0.1) is 5.92 Å². The zero-order valence-electron chi connectivity index (χ0n) is 13.7. The molecule has 0 saturated carbocycles. The van der Waals surface area contributed by atoms with Gasteiger partial charge in [0.2, 0.25) is 15.9 Å². The maximum absolute atomic E-state index is 12.4. The van der Waals surface area contributed by atoms with Gasteiger partial charge < -0.3 is 5.32 Å². The van der Waals surface area contributed by atoms with Gasteiger partial charge in [-0.15, -0.1) is 0 Å². The van der Waals surface area contributed by atoms with Gasteiger partial charge in [0.05, 0.1) is 4.90 Å². The summed E-state index contributed by atoms with van der Waals surface area (Å²) in [5.41, 5.74) is 0.628. The average molecular weight is 336 g/mol. The van der Waals surface area contributed by atoms with Crippen LogP contribution in [-0.2, 0) is 14.8 Å². The molecule has 2 rings (SSSR count). The molecule has 1 N–H and O–H groups in total. The molecule has 1 aliphatic rings. The van der Waals surface area contributed by atoms with E-state index in [1.807, 2.05) is 19.9 Å². The van der Waals surface area contributed by atoms with Crippen LogP contribution < -0.4 is 5.32 Å². The molecule has 0 spiro atoms. The lowest BCUT2D eigenvalue weighted by atomic mass is 9.93. The summed E-state index contributed by atoms with van der Waals surface area (Å²) in [5.74, 6) is -0.00668. The maximum Gasteiger partial charge on any atom is 0.243 e. The Bertz CT molecular complexity index is 662. The number of sulfonamides is 1. The van der Waals surface area contributed by atoms with Gasteiger partial charge in [-0.3, -0.25) is 4.79 Å². The number of amides is 1. The van der Waals surface area contributed by atoms with Gasteiger partial charge in [0.15, 0.2) is 0 Å². The summed E-state index contributed by atoms with van der Waals surface area (Å²) in [5, 5.41) is 2.87. The van der Waals surface area contributed by atoms with Crippen LogP contribution in [0.1, 0.15) is 33.1 Å². The third-order valence-electron chi connectivity index (χ3n) is 4.10. The Kier molecular flexibility index (Phi) is 5.96. The molecule has 0 aromatic heterocycles. The smallest absolute Gasteiger partial charge is 0.243 e. The third-order valence-corrected chi connectivity index (χ3v) is 6.17. The summed E-state index contributed by atoms with van der Waals surface area (Å²) in [6.07, 6.45) is 6.68. The van der Waals surface area contributed by atoms with Gasteiger partial charge in [0.25, 0.3) is 0 Å². The minimum Gasteiger partial charge on any atom is -0.326 e. The van der Waals surface area contributed by atoms with Crippen LogP contribution >= 0.6 is 0 Å². The monoisotopic (exact) mass is 336 g/mol. The quantitative estimate of drug-likeness (QED) is 0.812. The largest absolute Gasteiger partial charge is 0.326 e. The molecule has 1 unspecified atom stereocenters. The molecule has 0 saturated heterocycles. The molecule has 0 radical (unpaired) electrons. The Morgan fingerprint density at radius 1 is 1.17 bits per heavy atom. The van der Waals surface area contributed by atoms with Gasteiger partial charge in [0.1, 0.15) is 0 Å². The van der Waals surface area contributed by atoms with E-state index in [2.05, 4.69) is 11.4 Å². The van der Waals surface area contributed by atoms with Crippen LogP contribution in [0.2, 0.25) is 0 Å². The number of carbonyl (C=O) groups excluding carboxylic acids is 1. The van der Waals surface area contributed by atoms with Crippen molar-refractivity contribution < 1.29 is 13.2 Å². The summed E-state index contributed by atoms with van der Waals surface area (Å²) in [7, 11) is -3.46. The first-order chi connectivity index (χ1) is 11.0. The van der Waals surface area contributed by atoms with Crippen LogP contribution in [0.15, 0.2) is 41.3 Å². The molecule has 1 amide bonds. The maximum atomic E-state index is 12.4. The molecule has 0 aliphatic heterocycles. The van der Waals surface area contributed by atoms with Crippen LogP contribution in [0.25, 0.3) is 0 Å². The van der Waals surface area contributed by atoms with Crippen molar-refractivity contribution in [2.24, 2.45) is 5.92 Å². The predicted octanol–water partition coefficient (Wildman–Crippen LogP) is 3.01. The summed E-state index contributed by atoms with van der Waals surface area (Å²) < 4.78 is 26.2. The highest BCUT2D eigenvalue weighted by Gasteiger charge is 2.22. The number of anilines is 1. The summed E-state index contributed by atoms with van der Waals surface area (Å²) in [6, 6.07) is 6.38. The zero-order chi connectivity index (χ0) is 16.9. The molecule has 0 bridgehead atoms.